The van der Waals surface area contributed by atoms with E-state index in [0.29, 0.717) is 22.4 Å². The van der Waals surface area contributed by atoms with E-state index < -0.39 is 0 Å². The Bertz CT molecular complexity index is 1070. The number of halogens is 1. The monoisotopic (exact) mass is 337 g/mol. The van der Waals surface area contributed by atoms with E-state index in [-0.39, 0.29) is 5.56 Å². The third-order valence-electron chi connectivity index (χ3n) is 3.63. The van der Waals surface area contributed by atoms with Crippen LogP contribution in [0.1, 0.15) is 0 Å². The molecule has 0 amide bonds. The number of nitrogens with zero attached hydrogens (tertiary/aromatic N) is 2. The van der Waals surface area contributed by atoms with E-state index in [9.17, 15) is 4.79 Å². The summed E-state index contributed by atoms with van der Waals surface area (Å²) in [5.41, 5.74) is 3.06. The lowest BCUT2D eigenvalue weighted by Crippen LogP contribution is -2.04. The van der Waals surface area contributed by atoms with Gasteiger partial charge in [0.25, 0.3) is 0 Å². The summed E-state index contributed by atoms with van der Waals surface area (Å²) in [5, 5.41) is 4.55. The number of aromatic nitrogens is 4. The van der Waals surface area contributed by atoms with Gasteiger partial charge < -0.3 is 15.3 Å². The van der Waals surface area contributed by atoms with E-state index in [1.807, 2.05) is 30.5 Å². The second kappa shape index (κ2) is 5.82. The molecule has 0 aliphatic rings. The Morgan fingerprint density at radius 1 is 1.04 bits per heavy atom. The zero-order chi connectivity index (χ0) is 16.5. The van der Waals surface area contributed by atoms with Gasteiger partial charge in [0.05, 0.1) is 22.6 Å². The molecule has 1 aromatic carbocycles. The maximum absolute atomic E-state index is 11.1. The van der Waals surface area contributed by atoms with Crippen molar-refractivity contribution >= 4 is 34.1 Å². The Morgan fingerprint density at radius 3 is 2.75 bits per heavy atom. The van der Waals surface area contributed by atoms with Crippen molar-refractivity contribution in [3.63, 3.8) is 0 Å². The molecule has 0 unspecified atom stereocenters. The minimum absolute atomic E-state index is 0.169. The van der Waals surface area contributed by atoms with E-state index >= 15 is 0 Å². The van der Waals surface area contributed by atoms with Crippen LogP contribution >= 0.6 is 11.6 Å². The average Bonchev–Trinajstić information content (AvgIpc) is 3.03. The fourth-order valence-electron chi connectivity index (χ4n) is 2.50. The summed E-state index contributed by atoms with van der Waals surface area (Å²) in [4.78, 5) is 25.6. The molecule has 3 heterocycles. The highest BCUT2D eigenvalue weighted by Crippen LogP contribution is 2.32. The summed E-state index contributed by atoms with van der Waals surface area (Å²) < 4.78 is 0. The van der Waals surface area contributed by atoms with Gasteiger partial charge in [-0.15, -0.1) is 0 Å². The lowest BCUT2D eigenvalue weighted by atomic mass is 10.1. The van der Waals surface area contributed by atoms with E-state index in [1.165, 1.54) is 6.07 Å². The minimum Gasteiger partial charge on any atom is -0.360 e. The molecule has 3 aromatic heterocycles. The highest BCUT2D eigenvalue weighted by Gasteiger charge is 2.12. The number of rotatable bonds is 3. The smallest absolute Gasteiger partial charge is 0.248 e. The predicted octanol–water partition coefficient (Wildman–Crippen LogP) is 3.71. The van der Waals surface area contributed by atoms with Crippen LogP contribution in [0.4, 0.5) is 11.6 Å². The van der Waals surface area contributed by atoms with E-state index in [4.69, 9.17) is 11.6 Å². The number of hydrogen-bond donors (Lipinski definition) is 3. The third kappa shape index (κ3) is 2.63. The Labute approximate surface area is 141 Å². The van der Waals surface area contributed by atoms with Crippen LogP contribution in [0.25, 0.3) is 22.2 Å². The molecule has 4 rings (SSSR count). The van der Waals surface area contributed by atoms with Crippen LogP contribution in [0, 0.1) is 0 Å². The number of aromatic amines is 2. The Kier molecular flexibility index (Phi) is 3.51. The number of nitrogens with one attached hydrogen (secondary N) is 3. The van der Waals surface area contributed by atoms with Crippen molar-refractivity contribution in [1.29, 1.82) is 0 Å². The Morgan fingerprint density at radius 2 is 1.92 bits per heavy atom. The molecule has 0 aliphatic carbocycles. The molecule has 7 heteroatoms. The van der Waals surface area contributed by atoms with Gasteiger partial charge in [0, 0.05) is 34.9 Å². The highest BCUT2D eigenvalue weighted by molar-refractivity contribution is 6.33. The van der Waals surface area contributed by atoms with E-state index in [0.717, 1.165) is 16.5 Å². The van der Waals surface area contributed by atoms with Gasteiger partial charge in [-0.2, -0.15) is 0 Å². The molecule has 0 fully saturated rings. The SMILES string of the molecule is O=c1ccc(Nc2ncc(Cl)c(-c3c[nH]c4ccccc34)n2)c[nH]1. The number of para-hydroxylation sites is 1. The normalized spacial score (nSPS) is 10.9. The molecule has 6 nitrogen and oxygen atoms in total. The van der Waals surface area contributed by atoms with Crippen LogP contribution in [0.15, 0.2) is 59.8 Å². The maximum Gasteiger partial charge on any atom is 0.248 e. The summed E-state index contributed by atoms with van der Waals surface area (Å²) in [6.45, 7) is 0. The van der Waals surface area contributed by atoms with Crippen LogP contribution in [0.5, 0.6) is 0 Å². The van der Waals surface area contributed by atoms with Gasteiger partial charge in [-0.1, -0.05) is 29.8 Å². The second-order valence-electron chi connectivity index (χ2n) is 5.20. The first-order valence-electron chi connectivity index (χ1n) is 7.25. The molecule has 0 atom stereocenters. The molecule has 0 spiro atoms. The van der Waals surface area contributed by atoms with Crippen molar-refractivity contribution in [3.8, 4) is 11.3 Å². The molecule has 118 valence electrons. The number of hydrogen-bond acceptors (Lipinski definition) is 4. The third-order valence-corrected chi connectivity index (χ3v) is 3.91. The van der Waals surface area contributed by atoms with Crippen molar-refractivity contribution in [1.82, 2.24) is 19.9 Å². The van der Waals surface area contributed by atoms with Crippen LogP contribution in [0.3, 0.4) is 0 Å². The topological polar surface area (TPSA) is 86.5 Å². The van der Waals surface area contributed by atoms with Crippen molar-refractivity contribution < 1.29 is 0 Å². The van der Waals surface area contributed by atoms with Crippen molar-refractivity contribution in [2.24, 2.45) is 0 Å². The van der Waals surface area contributed by atoms with Crippen LogP contribution in [-0.4, -0.2) is 19.9 Å². The largest absolute Gasteiger partial charge is 0.360 e. The summed E-state index contributed by atoms with van der Waals surface area (Å²) in [5.74, 6) is 0.395. The zero-order valence-corrected chi connectivity index (χ0v) is 13.1. The van der Waals surface area contributed by atoms with Gasteiger partial charge in [-0.3, -0.25) is 4.79 Å². The first-order valence-corrected chi connectivity index (χ1v) is 7.63. The fraction of sp³-hybridized carbons (Fsp3) is 0. The first kappa shape index (κ1) is 14.5. The summed E-state index contributed by atoms with van der Waals surface area (Å²) in [6.07, 6.45) is 4.99. The molecular formula is C17H12ClN5O. The van der Waals surface area contributed by atoms with Gasteiger partial charge in [0.1, 0.15) is 0 Å². The fourth-order valence-corrected chi connectivity index (χ4v) is 2.69. The molecular weight excluding hydrogens is 326 g/mol. The number of benzene rings is 1. The first-order chi connectivity index (χ1) is 11.7. The second-order valence-corrected chi connectivity index (χ2v) is 5.61. The standard InChI is InChI=1S/C17H12ClN5O/c18-13-9-21-17(22-10-5-6-15(24)20-7-10)23-16(13)12-8-19-14-4-2-1-3-11(12)14/h1-9,19H,(H,20,24)(H,21,22,23). The van der Waals surface area contributed by atoms with Crippen molar-refractivity contribution in [2.75, 3.05) is 5.32 Å². The van der Waals surface area contributed by atoms with E-state index in [2.05, 4.69) is 25.3 Å². The molecule has 0 radical (unpaired) electrons. The lowest BCUT2D eigenvalue weighted by molar-refractivity contribution is 1.16. The Balaban J connectivity index is 1.76. The molecule has 0 saturated heterocycles. The molecule has 24 heavy (non-hydrogen) atoms. The number of pyridine rings is 1. The molecule has 0 bridgehead atoms. The average molecular weight is 338 g/mol. The summed E-state index contributed by atoms with van der Waals surface area (Å²) in [6, 6.07) is 11.0. The Hall–Kier alpha value is -3.12. The number of H-pyrrole nitrogens is 2. The molecule has 0 aliphatic heterocycles. The van der Waals surface area contributed by atoms with Crippen LogP contribution < -0.4 is 10.9 Å². The van der Waals surface area contributed by atoms with E-state index in [1.54, 1.807) is 18.5 Å². The van der Waals surface area contributed by atoms with Crippen molar-refractivity contribution in [2.45, 2.75) is 0 Å². The van der Waals surface area contributed by atoms with Gasteiger partial charge >= 0.3 is 0 Å². The molecule has 4 aromatic rings. The maximum atomic E-state index is 11.1. The number of anilines is 2. The predicted molar refractivity (Wildman–Crippen MR) is 94.7 cm³/mol. The van der Waals surface area contributed by atoms with Gasteiger partial charge in [0.15, 0.2) is 0 Å². The minimum atomic E-state index is -0.169. The summed E-state index contributed by atoms with van der Waals surface area (Å²) in [7, 11) is 0. The quantitative estimate of drug-likeness (QED) is 0.532. The van der Waals surface area contributed by atoms with Crippen LogP contribution in [0.2, 0.25) is 5.02 Å². The van der Waals surface area contributed by atoms with Crippen molar-refractivity contribution in [3.05, 3.63) is 70.4 Å². The van der Waals surface area contributed by atoms with Crippen LogP contribution in [-0.2, 0) is 0 Å². The molecule has 3 N–H and O–H groups in total. The molecule has 0 saturated carbocycles. The van der Waals surface area contributed by atoms with Gasteiger partial charge in [0.2, 0.25) is 11.5 Å². The number of fused-ring (bicyclic) bond motifs is 1. The van der Waals surface area contributed by atoms with Gasteiger partial charge in [-0.25, -0.2) is 9.97 Å². The zero-order valence-electron chi connectivity index (χ0n) is 12.4. The highest BCUT2D eigenvalue weighted by atomic mass is 35.5. The van der Waals surface area contributed by atoms with Gasteiger partial charge in [-0.05, 0) is 12.1 Å². The summed E-state index contributed by atoms with van der Waals surface area (Å²) >= 11 is 6.30. The lowest BCUT2D eigenvalue weighted by Gasteiger charge is -2.07.